The van der Waals surface area contributed by atoms with Gasteiger partial charge in [0.25, 0.3) is 0 Å². The van der Waals surface area contributed by atoms with Crippen LogP contribution in [0.25, 0.3) is 0 Å². The Labute approximate surface area is 92.4 Å². The first-order valence-corrected chi connectivity index (χ1v) is 4.31. The summed E-state index contributed by atoms with van der Waals surface area (Å²) in [5.41, 5.74) is -1.86. The van der Waals surface area contributed by atoms with E-state index in [1.807, 2.05) is 4.98 Å². The highest BCUT2D eigenvalue weighted by molar-refractivity contribution is 5.31. The Balaban J connectivity index is 3.23. The average molecular weight is 250 g/mol. The van der Waals surface area contributed by atoms with Crippen LogP contribution < -0.4 is 10.2 Å². The molecule has 0 fully saturated rings. The van der Waals surface area contributed by atoms with E-state index >= 15 is 0 Å². The van der Waals surface area contributed by atoms with E-state index in [4.69, 9.17) is 5.26 Å². The zero-order chi connectivity index (χ0) is 13.1. The van der Waals surface area contributed by atoms with Crippen molar-refractivity contribution in [1.29, 1.82) is 5.26 Å². The third-order valence-electron chi connectivity index (χ3n) is 1.84. The molecule has 0 unspecified atom stereocenters. The lowest BCUT2D eigenvalue weighted by Crippen LogP contribution is -2.23. The molecule has 0 amide bonds. The van der Waals surface area contributed by atoms with E-state index in [9.17, 15) is 22.4 Å². The van der Waals surface area contributed by atoms with Crippen LogP contribution in [-0.4, -0.2) is 11.3 Å². The number of hydrogen-bond donors (Lipinski definition) is 1. The zero-order valence-electron chi connectivity index (χ0n) is 8.27. The third kappa shape index (κ3) is 3.21. The number of nitrogens with zero attached hydrogens (tertiary/aromatic N) is 1. The molecule has 1 heterocycles. The molecule has 1 aromatic rings. The lowest BCUT2D eigenvalue weighted by atomic mass is 10.1. The molecule has 0 radical (unpaired) electrons. The molecule has 8 heteroatoms. The fourth-order valence-electron chi connectivity index (χ4n) is 1.15. The highest BCUT2D eigenvalue weighted by Gasteiger charge is 2.33. The summed E-state index contributed by atoms with van der Waals surface area (Å²) in [6.45, 7) is -1.42. The maximum Gasteiger partial charge on any atom is 0.574 e. The van der Waals surface area contributed by atoms with Gasteiger partial charge in [0.15, 0.2) is 5.43 Å². The van der Waals surface area contributed by atoms with Crippen molar-refractivity contribution in [3.05, 3.63) is 27.5 Å². The highest BCUT2D eigenvalue weighted by Crippen LogP contribution is 2.23. The Morgan fingerprint density at radius 2 is 2.12 bits per heavy atom. The summed E-state index contributed by atoms with van der Waals surface area (Å²) >= 11 is 0. The first-order valence-electron chi connectivity index (χ1n) is 4.31. The number of ether oxygens (including phenoxy) is 1. The predicted octanol–water partition coefficient (Wildman–Crippen LogP) is 1.81. The number of rotatable bonds is 3. The van der Waals surface area contributed by atoms with Crippen molar-refractivity contribution in [2.45, 2.75) is 19.5 Å². The van der Waals surface area contributed by atoms with Gasteiger partial charge in [-0.15, -0.1) is 13.2 Å². The van der Waals surface area contributed by atoms with Crippen LogP contribution in [0.3, 0.4) is 0 Å². The van der Waals surface area contributed by atoms with Gasteiger partial charge in [-0.1, -0.05) is 0 Å². The Morgan fingerprint density at radius 1 is 1.47 bits per heavy atom. The van der Waals surface area contributed by atoms with E-state index in [-0.39, 0.29) is 12.0 Å². The van der Waals surface area contributed by atoms with Crippen LogP contribution in [0.15, 0.2) is 11.0 Å². The number of aromatic amines is 1. The van der Waals surface area contributed by atoms with Gasteiger partial charge in [-0.25, -0.2) is 4.39 Å². The van der Waals surface area contributed by atoms with Gasteiger partial charge in [0.2, 0.25) is 5.88 Å². The number of alkyl halides is 4. The molecular weight excluding hydrogens is 244 g/mol. The minimum atomic E-state index is -5.02. The van der Waals surface area contributed by atoms with Gasteiger partial charge in [-0.05, 0) is 0 Å². The number of H-pyrrole nitrogens is 1. The van der Waals surface area contributed by atoms with Crippen LogP contribution in [-0.2, 0) is 13.1 Å². The summed E-state index contributed by atoms with van der Waals surface area (Å²) in [6, 6.07) is 1.64. The van der Waals surface area contributed by atoms with Crippen molar-refractivity contribution >= 4 is 0 Å². The maximum absolute atomic E-state index is 12.5. The molecule has 0 aliphatic carbocycles. The Kier molecular flexibility index (Phi) is 3.73. The van der Waals surface area contributed by atoms with Crippen molar-refractivity contribution in [2.75, 3.05) is 0 Å². The maximum atomic E-state index is 12.5. The molecule has 0 bridgehead atoms. The van der Waals surface area contributed by atoms with Crippen LogP contribution in [0, 0.1) is 11.3 Å². The molecule has 0 aromatic carbocycles. The molecule has 0 aliphatic rings. The number of hydrogen-bond acceptors (Lipinski definition) is 3. The molecule has 0 saturated heterocycles. The van der Waals surface area contributed by atoms with Gasteiger partial charge in [0.05, 0.1) is 18.1 Å². The number of aromatic nitrogens is 1. The molecule has 0 saturated carbocycles. The topological polar surface area (TPSA) is 65.9 Å². The molecule has 92 valence electrons. The van der Waals surface area contributed by atoms with Crippen molar-refractivity contribution in [3.8, 4) is 11.9 Å². The van der Waals surface area contributed by atoms with Crippen molar-refractivity contribution < 1.29 is 22.3 Å². The molecule has 4 nitrogen and oxygen atoms in total. The molecular formula is C9H6F4N2O2. The summed E-state index contributed by atoms with van der Waals surface area (Å²) in [7, 11) is 0. The Morgan fingerprint density at radius 3 is 2.59 bits per heavy atom. The van der Waals surface area contributed by atoms with Gasteiger partial charge in [-0.2, -0.15) is 5.26 Å². The summed E-state index contributed by atoms with van der Waals surface area (Å²) in [4.78, 5) is 13.4. The monoisotopic (exact) mass is 250 g/mol. The van der Waals surface area contributed by atoms with Crippen LogP contribution in [0.5, 0.6) is 5.88 Å². The van der Waals surface area contributed by atoms with Crippen LogP contribution in [0.2, 0.25) is 0 Å². The lowest BCUT2D eigenvalue weighted by Gasteiger charge is -2.11. The highest BCUT2D eigenvalue weighted by atomic mass is 19.4. The van der Waals surface area contributed by atoms with Gasteiger partial charge < -0.3 is 9.72 Å². The molecule has 17 heavy (non-hydrogen) atoms. The van der Waals surface area contributed by atoms with Gasteiger partial charge in [0, 0.05) is 11.8 Å². The quantitative estimate of drug-likeness (QED) is 0.832. The molecule has 0 atom stereocenters. The molecule has 0 spiro atoms. The van der Waals surface area contributed by atoms with Crippen LogP contribution in [0.1, 0.15) is 11.1 Å². The first kappa shape index (κ1) is 13.0. The van der Waals surface area contributed by atoms with E-state index in [2.05, 4.69) is 4.74 Å². The largest absolute Gasteiger partial charge is 0.574 e. The minimum absolute atomic E-state index is 0.116. The molecule has 0 aliphatic heterocycles. The average Bonchev–Trinajstić information content (AvgIpc) is 2.21. The Bertz CT molecular complexity index is 501. The molecule has 1 aromatic heterocycles. The van der Waals surface area contributed by atoms with Crippen LogP contribution >= 0.6 is 0 Å². The van der Waals surface area contributed by atoms with E-state index < -0.39 is 29.9 Å². The SMILES string of the molecule is N#CCc1c[nH]c(OC(F)(F)F)c(CF)c1=O. The standard InChI is InChI=1S/C9H6F4N2O2/c10-3-6-7(16)5(1-2-14)4-15-8(6)17-9(11,12)13/h4H,1,3H2,(H,15,16). The molecule has 1 rings (SSSR count). The number of nitriles is 1. The fraction of sp³-hybridized carbons (Fsp3) is 0.333. The van der Waals surface area contributed by atoms with Crippen molar-refractivity contribution in [1.82, 2.24) is 4.98 Å². The van der Waals surface area contributed by atoms with Crippen molar-refractivity contribution in [2.24, 2.45) is 0 Å². The zero-order valence-corrected chi connectivity index (χ0v) is 8.27. The number of pyridine rings is 1. The van der Waals surface area contributed by atoms with E-state index in [0.29, 0.717) is 0 Å². The normalized spacial score (nSPS) is 11.0. The van der Waals surface area contributed by atoms with E-state index in [0.717, 1.165) is 6.20 Å². The van der Waals surface area contributed by atoms with Crippen molar-refractivity contribution in [3.63, 3.8) is 0 Å². The van der Waals surface area contributed by atoms with Gasteiger partial charge in [0.1, 0.15) is 6.67 Å². The fourth-order valence-corrected chi connectivity index (χ4v) is 1.15. The summed E-state index contributed by atoms with van der Waals surface area (Å²) in [5, 5.41) is 8.36. The Hall–Kier alpha value is -2.04. The second-order valence-electron chi connectivity index (χ2n) is 2.97. The lowest BCUT2D eigenvalue weighted by molar-refractivity contribution is -0.276. The molecule has 1 N–H and O–H groups in total. The summed E-state index contributed by atoms with van der Waals surface area (Å²) in [5.74, 6) is -0.994. The second-order valence-corrected chi connectivity index (χ2v) is 2.97. The number of nitrogens with one attached hydrogen (secondary N) is 1. The van der Waals surface area contributed by atoms with E-state index in [1.54, 1.807) is 6.07 Å². The van der Waals surface area contributed by atoms with Gasteiger partial charge >= 0.3 is 6.36 Å². The predicted molar refractivity (Wildman–Crippen MR) is 47.9 cm³/mol. The van der Waals surface area contributed by atoms with E-state index in [1.165, 1.54) is 0 Å². The van der Waals surface area contributed by atoms with Crippen LogP contribution in [0.4, 0.5) is 17.6 Å². The summed E-state index contributed by atoms with van der Waals surface area (Å²) in [6.07, 6.45) is -4.45. The minimum Gasteiger partial charge on any atom is -0.389 e. The number of halogens is 4. The third-order valence-corrected chi connectivity index (χ3v) is 1.84. The smallest absolute Gasteiger partial charge is 0.389 e. The second kappa shape index (κ2) is 4.86. The first-order chi connectivity index (χ1) is 7.89. The van der Waals surface area contributed by atoms with Gasteiger partial charge in [-0.3, -0.25) is 4.79 Å². The summed E-state index contributed by atoms with van der Waals surface area (Å²) < 4.78 is 51.7.